The zero-order valence-electron chi connectivity index (χ0n) is 14.8. The molecule has 2 aromatic carbocycles. The van der Waals surface area contributed by atoms with Crippen LogP contribution in [0.4, 0.5) is 10.1 Å². The lowest BCUT2D eigenvalue weighted by molar-refractivity contribution is -0.112. The highest BCUT2D eigenvalue weighted by atomic mass is 19.1. The van der Waals surface area contributed by atoms with Crippen LogP contribution in [0.15, 0.2) is 54.1 Å². The first-order valence-electron chi connectivity index (χ1n) is 8.40. The van der Waals surface area contributed by atoms with Gasteiger partial charge in [0.1, 0.15) is 23.2 Å². The smallest absolute Gasteiger partial charge is 0.266 e. The summed E-state index contributed by atoms with van der Waals surface area (Å²) in [6.07, 6.45) is 2.42. The number of nitriles is 1. The number of anilines is 1. The van der Waals surface area contributed by atoms with Crippen LogP contribution in [0.2, 0.25) is 0 Å². The minimum atomic E-state index is -0.658. The van der Waals surface area contributed by atoms with Gasteiger partial charge in [0, 0.05) is 0 Å². The first-order valence-corrected chi connectivity index (χ1v) is 8.40. The Morgan fingerprint density at radius 2 is 1.92 bits per heavy atom. The number of nitrogens with zero attached hydrogens (tertiary/aromatic N) is 1. The molecule has 0 aliphatic carbocycles. The van der Waals surface area contributed by atoms with Gasteiger partial charge in [0.2, 0.25) is 0 Å². The second-order valence-electron chi connectivity index (χ2n) is 6.20. The zero-order chi connectivity index (χ0) is 18.9. The molecular formula is C21H21FN2O2. The molecule has 0 unspecified atom stereocenters. The number of nitrogens with one attached hydrogen (secondary N) is 1. The van der Waals surface area contributed by atoms with E-state index < -0.39 is 11.7 Å². The van der Waals surface area contributed by atoms with Crippen LogP contribution in [-0.4, -0.2) is 12.5 Å². The van der Waals surface area contributed by atoms with Crippen molar-refractivity contribution < 1.29 is 13.9 Å². The molecule has 0 aliphatic rings. The SMILES string of the molecule is CC(C)CCOc1ccc(/C=C(\C#N)C(=O)Nc2ccccc2F)cc1. The van der Waals surface area contributed by atoms with Crippen LogP contribution in [0.3, 0.4) is 0 Å². The predicted octanol–water partition coefficient (Wildman–Crippen LogP) is 4.80. The maximum absolute atomic E-state index is 13.6. The highest BCUT2D eigenvalue weighted by Crippen LogP contribution is 2.17. The topological polar surface area (TPSA) is 62.1 Å². The number of carbonyl (C=O) groups is 1. The van der Waals surface area contributed by atoms with Gasteiger partial charge in [-0.2, -0.15) is 5.26 Å². The van der Waals surface area contributed by atoms with Gasteiger partial charge in [0.25, 0.3) is 5.91 Å². The van der Waals surface area contributed by atoms with Crippen molar-refractivity contribution in [3.8, 4) is 11.8 Å². The van der Waals surface area contributed by atoms with Crippen LogP contribution >= 0.6 is 0 Å². The third-order valence-corrected chi connectivity index (χ3v) is 3.64. The Kier molecular flexibility index (Phi) is 6.92. The summed E-state index contributed by atoms with van der Waals surface area (Å²) in [4.78, 5) is 12.2. The maximum atomic E-state index is 13.6. The van der Waals surface area contributed by atoms with Gasteiger partial charge in [-0.15, -0.1) is 0 Å². The van der Waals surface area contributed by atoms with Crippen molar-refractivity contribution in [2.45, 2.75) is 20.3 Å². The molecule has 1 amide bonds. The molecule has 134 valence electrons. The summed E-state index contributed by atoms with van der Waals surface area (Å²) in [5.41, 5.74) is 0.607. The molecule has 0 aromatic heterocycles. The molecule has 0 heterocycles. The minimum Gasteiger partial charge on any atom is -0.494 e. The molecule has 0 atom stereocenters. The Bertz CT molecular complexity index is 821. The van der Waals surface area contributed by atoms with Crippen molar-refractivity contribution in [3.05, 3.63) is 65.5 Å². The van der Waals surface area contributed by atoms with Crippen LogP contribution in [0.1, 0.15) is 25.8 Å². The van der Waals surface area contributed by atoms with Crippen molar-refractivity contribution in [1.29, 1.82) is 5.26 Å². The van der Waals surface area contributed by atoms with Gasteiger partial charge >= 0.3 is 0 Å². The minimum absolute atomic E-state index is 0.0348. The van der Waals surface area contributed by atoms with E-state index in [9.17, 15) is 14.4 Å². The number of rotatable bonds is 7. The number of hydrogen-bond donors (Lipinski definition) is 1. The second-order valence-corrected chi connectivity index (χ2v) is 6.20. The molecule has 0 radical (unpaired) electrons. The molecule has 1 N–H and O–H groups in total. The highest BCUT2D eigenvalue weighted by molar-refractivity contribution is 6.09. The Labute approximate surface area is 152 Å². The van der Waals surface area contributed by atoms with Crippen molar-refractivity contribution in [3.63, 3.8) is 0 Å². The summed E-state index contributed by atoms with van der Waals surface area (Å²) in [6, 6.07) is 14.8. The number of halogens is 1. The van der Waals surface area contributed by atoms with Gasteiger partial charge < -0.3 is 10.1 Å². The summed E-state index contributed by atoms with van der Waals surface area (Å²) < 4.78 is 19.2. The van der Waals surface area contributed by atoms with Gasteiger partial charge in [0.05, 0.1) is 12.3 Å². The molecule has 0 aliphatic heterocycles. The van der Waals surface area contributed by atoms with Crippen LogP contribution in [-0.2, 0) is 4.79 Å². The van der Waals surface area contributed by atoms with Gasteiger partial charge in [0.15, 0.2) is 0 Å². The first-order chi connectivity index (χ1) is 12.5. The average molecular weight is 352 g/mol. The molecule has 0 spiro atoms. The van der Waals surface area contributed by atoms with E-state index in [0.29, 0.717) is 18.1 Å². The Morgan fingerprint density at radius 1 is 1.23 bits per heavy atom. The second kappa shape index (κ2) is 9.38. The lowest BCUT2D eigenvalue weighted by atomic mass is 10.1. The van der Waals surface area contributed by atoms with Crippen LogP contribution in [0, 0.1) is 23.1 Å². The fraction of sp³-hybridized carbons (Fsp3) is 0.238. The van der Waals surface area contributed by atoms with E-state index >= 15 is 0 Å². The molecule has 26 heavy (non-hydrogen) atoms. The largest absolute Gasteiger partial charge is 0.494 e. The zero-order valence-corrected chi connectivity index (χ0v) is 14.8. The third-order valence-electron chi connectivity index (χ3n) is 3.64. The van der Waals surface area contributed by atoms with E-state index in [1.165, 1.54) is 24.3 Å². The van der Waals surface area contributed by atoms with Crippen molar-refractivity contribution in [2.24, 2.45) is 5.92 Å². The number of amides is 1. The first kappa shape index (κ1) is 19.2. The fourth-order valence-corrected chi connectivity index (χ4v) is 2.14. The number of ether oxygens (including phenoxy) is 1. The van der Waals surface area contributed by atoms with E-state index in [-0.39, 0.29) is 11.3 Å². The third kappa shape index (κ3) is 5.75. The van der Waals surface area contributed by atoms with Crippen molar-refractivity contribution in [2.75, 3.05) is 11.9 Å². The number of para-hydroxylation sites is 1. The lowest BCUT2D eigenvalue weighted by Crippen LogP contribution is -2.14. The van der Waals surface area contributed by atoms with Crippen LogP contribution in [0.25, 0.3) is 6.08 Å². The average Bonchev–Trinajstić information content (AvgIpc) is 2.62. The number of carbonyl (C=O) groups excluding carboxylic acids is 1. The molecule has 0 fully saturated rings. The van der Waals surface area contributed by atoms with E-state index in [2.05, 4.69) is 19.2 Å². The standard InChI is InChI=1S/C21H21FN2O2/c1-15(2)11-12-26-18-9-7-16(8-10-18)13-17(14-23)21(25)24-20-6-4-3-5-19(20)22/h3-10,13,15H,11-12H2,1-2H3,(H,24,25)/b17-13+. The monoisotopic (exact) mass is 352 g/mol. The molecule has 2 aromatic rings. The summed E-state index contributed by atoms with van der Waals surface area (Å²) in [6.45, 7) is 4.90. The van der Waals surface area contributed by atoms with Gasteiger partial charge in [-0.25, -0.2) is 4.39 Å². The van der Waals surface area contributed by atoms with Crippen molar-refractivity contribution >= 4 is 17.7 Å². The Balaban J connectivity index is 2.04. The Morgan fingerprint density at radius 3 is 2.54 bits per heavy atom. The maximum Gasteiger partial charge on any atom is 0.266 e. The number of benzene rings is 2. The molecule has 2 rings (SSSR count). The molecule has 0 saturated heterocycles. The van der Waals surface area contributed by atoms with E-state index in [1.54, 1.807) is 30.3 Å². The number of hydrogen-bond acceptors (Lipinski definition) is 3. The van der Waals surface area contributed by atoms with Gasteiger partial charge in [-0.05, 0) is 48.2 Å². The van der Waals surface area contributed by atoms with Gasteiger partial charge in [-0.3, -0.25) is 4.79 Å². The molecule has 4 nitrogen and oxygen atoms in total. The van der Waals surface area contributed by atoms with E-state index in [4.69, 9.17) is 4.74 Å². The van der Waals surface area contributed by atoms with Crippen LogP contribution in [0.5, 0.6) is 5.75 Å². The Hall–Kier alpha value is -3.13. The van der Waals surface area contributed by atoms with Crippen LogP contribution < -0.4 is 10.1 Å². The summed E-state index contributed by atoms with van der Waals surface area (Å²) in [7, 11) is 0. The normalized spacial score (nSPS) is 11.1. The molecule has 5 heteroatoms. The predicted molar refractivity (Wildman–Crippen MR) is 100 cm³/mol. The molecular weight excluding hydrogens is 331 g/mol. The summed E-state index contributed by atoms with van der Waals surface area (Å²) >= 11 is 0. The van der Waals surface area contributed by atoms with Crippen molar-refractivity contribution in [1.82, 2.24) is 0 Å². The van der Waals surface area contributed by atoms with E-state index in [1.807, 2.05) is 6.07 Å². The quantitative estimate of drug-likeness (QED) is 0.575. The molecule has 0 saturated carbocycles. The summed E-state index contributed by atoms with van der Waals surface area (Å²) in [5, 5.41) is 11.6. The van der Waals surface area contributed by atoms with Gasteiger partial charge in [-0.1, -0.05) is 38.1 Å². The molecule has 0 bridgehead atoms. The van der Waals surface area contributed by atoms with E-state index in [0.717, 1.165) is 12.2 Å². The lowest BCUT2D eigenvalue weighted by Gasteiger charge is -2.08. The summed E-state index contributed by atoms with van der Waals surface area (Å²) in [5.74, 6) is 0.0939. The fourth-order valence-electron chi connectivity index (χ4n) is 2.14. The highest BCUT2D eigenvalue weighted by Gasteiger charge is 2.11.